The maximum absolute atomic E-state index is 13.9. The van der Waals surface area contributed by atoms with Gasteiger partial charge in [0, 0.05) is 37.0 Å². The average molecular weight is 439 g/mol. The molecule has 1 aromatic carbocycles. The minimum absolute atomic E-state index is 0.0522. The Morgan fingerprint density at radius 2 is 1.97 bits per heavy atom. The van der Waals surface area contributed by atoms with Crippen LogP contribution in [0, 0.1) is 23.0 Å². The molecule has 2 atom stereocenters. The molecule has 1 amide bonds. The normalized spacial score (nSPS) is 17.4. The van der Waals surface area contributed by atoms with Gasteiger partial charge in [0.15, 0.2) is 0 Å². The van der Waals surface area contributed by atoms with Crippen LogP contribution in [0.2, 0.25) is 0 Å². The van der Waals surface area contributed by atoms with Crippen LogP contribution in [0.3, 0.4) is 0 Å². The number of carbonyl (C=O) groups is 1. The van der Waals surface area contributed by atoms with Crippen LogP contribution >= 0.6 is 0 Å². The van der Waals surface area contributed by atoms with E-state index in [0.29, 0.717) is 19.0 Å². The van der Waals surface area contributed by atoms with Crippen LogP contribution in [0.15, 0.2) is 24.4 Å². The van der Waals surface area contributed by atoms with Crippen molar-refractivity contribution in [2.45, 2.75) is 31.6 Å². The van der Waals surface area contributed by atoms with Gasteiger partial charge in [-0.1, -0.05) is 0 Å². The summed E-state index contributed by atoms with van der Waals surface area (Å²) in [6.45, 7) is 1.34. The molecule has 1 aliphatic heterocycles. The second kappa shape index (κ2) is 8.47. The molecule has 1 fully saturated rings. The van der Waals surface area contributed by atoms with Crippen LogP contribution in [-0.2, 0) is 0 Å². The Morgan fingerprint density at radius 3 is 2.48 bits per heavy atom. The van der Waals surface area contributed by atoms with Crippen molar-refractivity contribution in [3.8, 4) is 17.2 Å². The fourth-order valence-corrected chi connectivity index (χ4v) is 3.40. The van der Waals surface area contributed by atoms with Crippen molar-refractivity contribution in [1.82, 2.24) is 10.3 Å². The molecule has 164 valence electrons. The first-order chi connectivity index (χ1) is 14.5. The number of hydrogen-bond donors (Lipinski definition) is 2. The Bertz CT molecular complexity index is 1030. The van der Waals surface area contributed by atoms with E-state index in [4.69, 9.17) is 5.73 Å². The third-order valence-electron chi connectivity index (χ3n) is 4.93. The van der Waals surface area contributed by atoms with E-state index >= 15 is 0 Å². The number of nitriles is 1. The summed E-state index contributed by atoms with van der Waals surface area (Å²) in [6.07, 6.45) is -3.18. The van der Waals surface area contributed by atoms with Gasteiger partial charge in [-0.25, -0.2) is 13.8 Å². The van der Waals surface area contributed by atoms with Gasteiger partial charge < -0.3 is 16.0 Å². The molecule has 1 aliphatic rings. The highest BCUT2D eigenvalue weighted by atomic mass is 19.4. The number of amides is 1. The largest absolute Gasteiger partial charge is 0.408 e. The lowest BCUT2D eigenvalue weighted by molar-refractivity contribution is -0.149. The summed E-state index contributed by atoms with van der Waals surface area (Å²) in [6, 6.07) is 1.92. The first kappa shape index (κ1) is 22.4. The second-order valence-corrected chi connectivity index (χ2v) is 7.25. The van der Waals surface area contributed by atoms with Crippen LogP contribution in [0.25, 0.3) is 11.1 Å². The Kier molecular flexibility index (Phi) is 6.13. The lowest BCUT2D eigenvalue weighted by Crippen LogP contribution is -2.43. The zero-order valence-corrected chi connectivity index (χ0v) is 16.3. The van der Waals surface area contributed by atoms with Gasteiger partial charge in [0.2, 0.25) is 0 Å². The molecule has 31 heavy (non-hydrogen) atoms. The summed E-state index contributed by atoms with van der Waals surface area (Å²) >= 11 is 0. The van der Waals surface area contributed by atoms with Crippen molar-refractivity contribution in [3.05, 3.63) is 47.3 Å². The van der Waals surface area contributed by atoms with E-state index in [1.807, 2.05) is 11.4 Å². The fourth-order valence-electron chi connectivity index (χ4n) is 3.40. The zero-order valence-electron chi connectivity index (χ0n) is 16.3. The number of nitrogens with one attached hydrogen (secondary N) is 1. The molecule has 0 unspecified atom stereocenters. The number of pyridine rings is 1. The van der Waals surface area contributed by atoms with Crippen molar-refractivity contribution >= 4 is 11.6 Å². The predicted molar refractivity (Wildman–Crippen MR) is 102 cm³/mol. The molecule has 11 heteroatoms. The van der Waals surface area contributed by atoms with E-state index in [0.717, 1.165) is 25.3 Å². The van der Waals surface area contributed by atoms with E-state index in [2.05, 4.69) is 4.98 Å². The Morgan fingerprint density at radius 1 is 1.32 bits per heavy atom. The van der Waals surface area contributed by atoms with Crippen molar-refractivity contribution in [1.29, 1.82) is 5.26 Å². The molecule has 3 N–H and O–H groups in total. The summed E-state index contributed by atoms with van der Waals surface area (Å²) in [5.74, 6) is -2.94. The van der Waals surface area contributed by atoms with Crippen molar-refractivity contribution in [2.24, 2.45) is 5.73 Å². The highest BCUT2D eigenvalue weighted by Gasteiger charge is 2.38. The van der Waals surface area contributed by atoms with Gasteiger partial charge in [0.1, 0.15) is 29.4 Å². The molecular formula is C20H18F5N5O. The van der Waals surface area contributed by atoms with E-state index in [1.165, 1.54) is 0 Å². The molecule has 0 radical (unpaired) electrons. The van der Waals surface area contributed by atoms with Crippen molar-refractivity contribution in [2.75, 3.05) is 18.0 Å². The maximum atomic E-state index is 13.9. The van der Waals surface area contributed by atoms with Gasteiger partial charge in [-0.05, 0) is 31.0 Å². The number of carbonyl (C=O) groups excluding carboxylic acids is 1. The molecule has 2 aromatic rings. The van der Waals surface area contributed by atoms with E-state index < -0.39 is 29.8 Å². The maximum Gasteiger partial charge on any atom is 0.408 e. The van der Waals surface area contributed by atoms with Gasteiger partial charge in [-0.3, -0.25) is 4.79 Å². The van der Waals surface area contributed by atoms with Crippen molar-refractivity contribution in [3.63, 3.8) is 0 Å². The average Bonchev–Trinajstić information content (AvgIpc) is 3.11. The second-order valence-electron chi connectivity index (χ2n) is 7.25. The van der Waals surface area contributed by atoms with Crippen LogP contribution in [0.4, 0.5) is 27.6 Å². The monoisotopic (exact) mass is 439 g/mol. The minimum Gasteiger partial charge on any atom is -0.369 e. The summed E-state index contributed by atoms with van der Waals surface area (Å²) in [7, 11) is 0. The van der Waals surface area contributed by atoms with Gasteiger partial charge in [-0.2, -0.15) is 18.4 Å². The molecule has 0 saturated carbocycles. The van der Waals surface area contributed by atoms with E-state index in [1.54, 1.807) is 4.90 Å². The number of nitrogens with two attached hydrogens (primary N) is 1. The number of alkyl halides is 3. The van der Waals surface area contributed by atoms with Crippen LogP contribution in [-0.4, -0.2) is 42.2 Å². The molecular weight excluding hydrogens is 421 g/mol. The highest BCUT2D eigenvalue weighted by Crippen LogP contribution is 2.38. The van der Waals surface area contributed by atoms with Gasteiger partial charge >= 0.3 is 6.18 Å². The number of nitrogens with zero attached hydrogens (tertiary/aromatic N) is 3. The Balaban J connectivity index is 2.22. The SMILES string of the molecule is C[C@H](NC(=O)c1cnc(C#N)c(-c2cc(F)cc(F)c2)c1N1CC[C@H](N)C1)C(F)(F)F. The molecule has 6 nitrogen and oxygen atoms in total. The Labute approximate surface area is 174 Å². The van der Waals surface area contributed by atoms with Gasteiger partial charge in [0.05, 0.1) is 11.3 Å². The number of aromatic nitrogens is 1. The highest BCUT2D eigenvalue weighted by molar-refractivity contribution is 6.04. The summed E-state index contributed by atoms with van der Waals surface area (Å²) in [4.78, 5) is 18.2. The molecule has 0 bridgehead atoms. The first-order valence-corrected chi connectivity index (χ1v) is 9.29. The fraction of sp³-hybridized carbons (Fsp3) is 0.350. The van der Waals surface area contributed by atoms with Gasteiger partial charge in [0.25, 0.3) is 5.91 Å². The molecule has 0 aliphatic carbocycles. The lowest BCUT2D eigenvalue weighted by Gasteiger charge is -2.26. The third kappa shape index (κ3) is 4.74. The predicted octanol–water partition coefficient (Wildman–Crippen LogP) is 3.12. The molecule has 1 saturated heterocycles. The van der Waals surface area contributed by atoms with Crippen LogP contribution in [0.1, 0.15) is 29.4 Å². The number of rotatable bonds is 4. The first-order valence-electron chi connectivity index (χ1n) is 9.29. The van der Waals surface area contributed by atoms with E-state index in [9.17, 15) is 32.0 Å². The topological polar surface area (TPSA) is 95.0 Å². The summed E-state index contributed by atoms with van der Waals surface area (Å²) < 4.78 is 66.6. The van der Waals surface area contributed by atoms with Crippen LogP contribution < -0.4 is 16.0 Å². The van der Waals surface area contributed by atoms with Gasteiger partial charge in [-0.15, -0.1) is 0 Å². The number of benzene rings is 1. The molecule has 1 aromatic heterocycles. The standard InChI is InChI=1S/C20H18F5N5O/c1-10(20(23,24)25)29-19(31)15-8-28-16(7-26)17(11-4-12(21)6-13(22)5-11)18(15)30-3-2-14(27)9-30/h4-6,8,10,14H,2-3,9,27H2,1H3,(H,29,31)/t10-,14-/m0/s1. The summed E-state index contributed by atoms with van der Waals surface area (Å²) in [5.41, 5.74) is 5.37. The van der Waals surface area contributed by atoms with Crippen LogP contribution in [0.5, 0.6) is 0 Å². The molecule has 0 spiro atoms. The van der Waals surface area contributed by atoms with E-state index in [-0.39, 0.29) is 40.7 Å². The number of halogens is 5. The minimum atomic E-state index is -4.68. The lowest BCUT2D eigenvalue weighted by atomic mass is 9.97. The Hall–Kier alpha value is -3.26. The molecule has 3 rings (SSSR count). The zero-order chi connectivity index (χ0) is 22.9. The molecule has 2 heterocycles. The smallest absolute Gasteiger partial charge is 0.369 e. The number of anilines is 1. The quantitative estimate of drug-likeness (QED) is 0.714. The summed E-state index contributed by atoms with van der Waals surface area (Å²) in [5, 5.41) is 11.4. The van der Waals surface area contributed by atoms with Crippen molar-refractivity contribution < 1.29 is 26.7 Å². The third-order valence-corrected chi connectivity index (χ3v) is 4.93. The number of hydrogen-bond acceptors (Lipinski definition) is 5.